The third kappa shape index (κ3) is 6.25. The summed E-state index contributed by atoms with van der Waals surface area (Å²) in [6.45, 7) is 6.15. The number of rotatable bonds is 7. The SMILES string of the molecule is COc1cc(P(C)C)ccc1NCC#Cc1sc2c(NC3CCN(C)CC3F)cccc2c1-c1ccc(F)cc1. The summed E-state index contributed by atoms with van der Waals surface area (Å²) in [6, 6.07) is 18.6. The first-order valence-electron chi connectivity index (χ1n) is 13.3. The van der Waals surface area contributed by atoms with Gasteiger partial charge in [0.1, 0.15) is 17.7 Å². The lowest BCUT2D eigenvalue weighted by molar-refractivity contribution is 0.149. The molecule has 1 aromatic heterocycles. The fourth-order valence-corrected chi connectivity index (χ4v) is 6.93. The van der Waals surface area contributed by atoms with Crippen LogP contribution in [0, 0.1) is 17.7 Å². The first-order chi connectivity index (χ1) is 19.3. The van der Waals surface area contributed by atoms with E-state index in [2.05, 4.69) is 54.0 Å². The molecule has 1 aliphatic rings. The number of piperidine rings is 1. The van der Waals surface area contributed by atoms with Crippen molar-refractivity contribution in [3.63, 3.8) is 0 Å². The van der Waals surface area contributed by atoms with Gasteiger partial charge in [-0.2, -0.15) is 0 Å². The molecule has 0 spiro atoms. The van der Waals surface area contributed by atoms with Crippen molar-refractivity contribution < 1.29 is 13.5 Å². The van der Waals surface area contributed by atoms with E-state index >= 15 is 0 Å². The number of hydrogen-bond donors (Lipinski definition) is 2. The zero-order chi connectivity index (χ0) is 28.2. The number of hydrogen-bond acceptors (Lipinski definition) is 5. The van der Waals surface area contributed by atoms with Gasteiger partial charge in [-0.05, 0) is 68.0 Å². The van der Waals surface area contributed by atoms with Gasteiger partial charge in [-0.3, -0.25) is 0 Å². The molecule has 8 heteroatoms. The summed E-state index contributed by atoms with van der Waals surface area (Å²) < 4.78 is 35.3. The predicted molar refractivity (Wildman–Crippen MR) is 168 cm³/mol. The maximum absolute atomic E-state index is 14.9. The molecule has 3 aromatic carbocycles. The van der Waals surface area contributed by atoms with Gasteiger partial charge in [-0.15, -0.1) is 11.3 Å². The van der Waals surface area contributed by atoms with Gasteiger partial charge in [-0.25, -0.2) is 8.78 Å². The summed E-state index contributed by atoms with van der Waals surface area (Å²) in [6.07, 6.45) is -0.200. The molecule has 40 heavy (non-hydrogen) atoms. The molecule has 0 aliphatic carbocycles. The summed E-state index contributed by atoms with van der Waals surface area (Å²) in [5, 5.41) is 9.17. The molecule has 4 nitrogen and oxygen atoms in total. The van der Waals surface area contributed by atoms with Crippen molar-refractivity contribution >= 4 is 46.0 Å². The molecule has 0 saturated carbocycles. The zero-order valence-corrected chi connectivity index (χ0v) is 24.9. The summed E-state index contributed by atoms with van der Waals surface area (Å²) in [5.74, 6) is 7.16. The first-order valence-corrected chi connectivity index (χ1v) is 16.4. The number of benzene rings is 3. The topological polar surface area (TPSA) is 36.5 Å². The number of fused-ring (bicyclic) bond motifs is 1. The van der Waals surface area contributed by atoms with E-state index in [4.69, 9.17) is 4.74 Å². The van der Waals surface area contributed by atoms with Crippen LogP contribution in [0.15, 0.2) is 60.7 Å². The van der Waals surface area contributed by atoms with E-state index in [1.54, 1.807) is 30.6 Å². The van der Waals surface area contributed by atoms with E-state index in [0.29, 0.717) is 13.1 Å². The lowest BCUT2D eigenvalue weighted by Crippen LogP contribution is -2.46. The number of halogens is 2. The summed E-state index contributed by atoms with van der Waals surface area (Å²) >= 11 is 1.59. The minimum absolute atomic E-state index is 0.214. The second-order valence-corrected chi connectivity index (χ2v) is 13.6. The third-order valence-corrected chi connectivity index (χ3v) is 9.67. The number of anilines is 2. The van der Waals surface area contributed by atoms with Crippen LogP contribution in [0.1, 0.15) is 11.3 Å². The van der Waals surface area contributed by atoms with E-state index in [0.717, 1.165) is 56.2 Å². The van der Waals surface area contributed by atoms with Gasteiger partial charge in [-0.1, -0.05) is 50.1 Å². The number of likely N-dealkylation sites (tertiary alicyclic amines) is 1. The van der Waals surface area contributed by atoms with Crippen molar-refractivity contribution in [2.24, 2.45) is 0 Å². The minimum Gasteiger partial charge on any atom is -0.495 e. The van der Waals surface area contributed by atoms with Crippen LogP contribution in [0.2, 0.25) is 0 Å². The smallest absolute Gasteiger partial charge is 0.142 e. The monoisotopic (exact) mass is 577 g/mol. The fourth-order valence-electron chi connectivity index (χ4n) is 5.01. The molecule has 2 unspecified atom stereocenters. The fraction of sp³-hybridized carbons (Fsp3) is 0.312. The molecule has 0 bridgehead atoms. The van der Waals surface area contributed by atoms with E-state index < -0.39 is 6.17 Å². The highest BCUT2D eigenvalue weighted by Gasteiger charge is 2.28. The molecule has 5 rings (SSSR count). The normalized spacial score (nSPS) is 17.5. The van der Waals surface area contributed by atoms with Gasteiger partial charge in [0, 0.05) is 24.0 Å². The van der Waals surface area contributed by atoms with Crippen molar-refractivity contribution in [3.05, 3.63) is 71.4 Å². The van der Waals surface area contributed by atoms with Gasteiger partial charge < -0.3 is 20.3 Å². The Morgan fingerprint density at radius 2 is 1.90 bits per heavy atom. The highest BCUT2D eigenvalue weighted by atomic mass is 32.1. The molecule has 1 saturated heterocycles. The average Bonchev–Trinajstić information content (AvgIpc) is 3.32. The Kier molecular flexibility index (Phi) is 8.90. The van der Waals surface area contributed by atoms with Crippen LogP contribution in [-0.4, -0.2) is 64.2 Å². The summed E-state index contributed by atoms with van der Waals surface area (Å²) in [5.41, 5.74) is 3.68. The van der Waals surface area contributed by atoms with Crippen molar-refractivity contribution in [1.82, 2.24) is 4.90 Å². The largest absolute Gasteiger partial charge is 0.495 e. The Hall–Kier alpha value is -3.17. The summed E-state index contributed by atoms with van der Waals surface area (Å²) in [4.78, 5) is 2.92. The molecular weight excluding hydrogens is 543 g/mol. The number of nitrogens with one attached hydrogen (secondary N) is 2. The molecule has 2 N–H and O–H groups in total. The molecule has 2 heterocycles. The van der Waals surface area contributed by atoms with E-state index in [9.17, 15) is 8.78 Å². The average molecular weight is 578 g/mol. The Balaban J connectivity index is 1.46. The Labute approximate surface area is 240 Å². The van der Waals surface area contributed by atoms with Crippen molar-refractivity contribution in [2.75, 3.05) is 57.8 Å². The van der Waals surface area contributed by atoms with Crippen molar-refractivity contribution in [1.29, 1.82) is 0 Å². The van der Waals surface area contributed by atoms with Gasteiger partial charge in [0.2, 0.25) is 0 Å². The molecular formula is C32H34F2N3OPS. The van der Waals surface area contributed by atoms with Crippen LogP contribution in [0.3, 0.4) is 0 Å². The number of nitrogens with zero attached hydrogens (tertiary/aromatic N) is 1. The number of thiophene rings is 1. The van der Waals surface area contributed by atoms with E-state index in [-0.39, 0.29) is 19.8 Å². The molecule has 0 amide bonds. The van der Waals surface area contributed by atoms with Gasteiger partial charge >= 0.3 is 0 Å². The Morgan fingerprint density at radius 1 is 1.10 bits per heavy atom. The molecule has 2 atom stereocenters. The standard InChI is InChI=1S/C32H34F2N3OPS/c1-37-18-16-26(25(34)20-37)36-28-8-5-7-24-31(21-10-12-22(33)13-11-21)30(40-32(24)28)9-6-17-35-27-15-14-23(39(3)4)19-29(27)38-2/h5,7-8,10-15,19,25-26,35-36H,16-18,20H2,1-4H3. The second kappa shape index (κ2) is 12.6. The van der Waals surface area contributed by atoms with Crippen LogP contribution in [0.5, 0.6) is 5.75 Å². The minimum atomic E-state index is -0.941. The zero-order valence-electron chi connectivity index (χ0n) is 23.2. The van der Waals surface area contributed by atoms with Gasteiger partial charge in [0.25, 0.3) is 0 Å². The maximum Gasteiger partial charge on any atom is 0.142 e. The number of methoxy groups -OCH3 is 1. The van der Waals surface area contributed by atoms with Crippen molar-refractivity contribution in [3.8, 4) is 28.7 Å². The second-order valence-electron chi connectivity index (χ2n) is 10.2. The van der Waals surface area contributed by atoms with Crippen LogP contribution < -0.4 is 20.7 Å². The molecule has 1 fully saturated rings. The van der Waals surface area contributed by atoms with E-state index in [1.165, 1.54) is 17.4 Å². The van der Waals surface area contributed by atoms with Gasteiger partial charge in [0.05, 0.1) is 40.6 Å². The van der Waals surface area contributed by atoms with Gasteiger partial charge in [0.15, 0.2) is 0 Å². The predicted octanol–water partition coefficient (Wildman–Crippen LogP) is 7.00. The maximum atomic E-state index is 14.9. The third-order valence-electron chi connectivity index (χ3n) is 7.20. The Bertz CT molecular complexity index is 1540. The first kappa shape index (κ1) is 28.4. The quantitative estimate of drug-likeness (QED) is 0.183. The molecule has 0 radical (unpaired) electrons. The molecule has 1 aliphatic heterocycles. The summed E-state index contributed by atoms with van der Waals surface area (Å²) in [7, 11) is 3.42. The highest BCUT2D eigenvalue weighted by molar-refractivity contribution is 7.64. The van der Waals surface area contributed by atoms with Crippen LogP contribution in [-0.2, 0) is 0 Å². The van der Waals surface area contributed by atoms with Crippen LogP contribution in [0.4, 0.5) is 20.2 Å². The van der Waals surface area contributed by atoms with Crippen LogP contribution in [0.25, 0.3) is 21.2 Å². The lowest BCUT2D eigenvalue weighted by Gasteiger charge is -2.33. The number of ether oxygens (including phenoxy) is 1. The lowest BCUT2D eigenvalue weighted by atomic mass is 10.0. The van der Waals surface area contributed by atoms with Crippen LogP contribution >= 0.6 is 19.3 Å². The molecule has 4 aromatic rings. The molecule has 208 valence electrons. The number of alkyl halides is 1. The highest BCUT2D eigenvalue weighted by Crippen LogP contribution is 2.42. The van der Waals surface area contributed by atoms with Crippen molar-refractivity contribution in [2.45, 2.75) is 18.6 Å². The van der Waals surface area contributed by atoms with E-state index in [1.807, 2.05) is 30.1 Å². The Morgan fingerprint density at radius 3 is 2.62 bits per heavy atom.